The molecule has 2 aromatic carbocycles. The Bertz CT molecular complexity index is 927. The Balaban J connectivity index is 1.41. The molecule has 1 atom stereocenters. The number of ether oxygens (including phenoxy) is 1. The number of anilines is 3. The zero-order valence-electron chi connectivity index (χ0n) is 17.1. The van der Waals surface area contributed by atoms with Gasteiger partial charge in [-0.15, -0.1) is 0 Å². The second kappa shape index (κ2) is 8.95. The minimum atomic E-state index is 0.566. The summed E-state index contributed by atoms with van der Waals surface area (Å²) in [5, 5.41) is 3.40. The highest BCUT2D eigenvalue weighted by atomic mass is 16.5. The van der Waals surface area contributed by atoms with Crippen molar-refractivity contribution >= 4 is 17.3 Å². The summed E-state index contributed by atoms with van der Waals surface area (Å²) in [5.41, 5.74) is 2.14. The average molecular weight is 389 g/mol. The molecule has 29 heavy (non-hydrogen) atoms. The number of nitrogens with zero attached hydrogens (tertiary/aromatic N) is 3. The van der Waals surface area contributed by atoms with Crippen LogP contribution in [-0.4, -0.2) is 23.1 Å². The zero-order valence-corrected chi connectivity index (χ0v) is 17.1. The molecule has 1 saturated heterocycles. The van der Waals surface area contributed by atoms with Gasteiger partial charge in [-0.2, -0.15) is 0 Å². The molecule has 5 heteroatoms. The smallest absolute Gasteiger partial charge is 0.136 e. The summed E-state index contributed by atoms with van der Waals surface area (Å²) in [6.45, 7) is 6.94. The van der Waals surface area contributed by atoms with E-state index in [1.54, 1.807) is 0 Å². The summed E-state index contributed by atoms with van der Waals surface area (Å²) >= 11 is 0. The van der Waals surface area contributed by atoms with Crippen LogP contribution in [0.15, 0.2) is 60.7 Å². The van der Waals surface area contributed by atoms with E-state index >= 15 is 0 Å². The summed E-state index contributed by atoms with van der Waals surface area (Å²) in [6, 6.07) is 20.2. The molecular formula is C24H28N4O. The van der Waals surface area contributed by atoms with Crippen LogP contribution >= 0.6 is 0 Å². The number of nitrogens with one attached hydrogen (secondary N) is 1. The van der Waals surface area contributed by atoms with E-state index in [0.29, 0.717) is 12.5 Å². The Hall–Kier alpha value is -3.08. The molecule has 1 unspecified atom stereocenters. The molecule has 1 aliphatic rings. The van der Waals surface area contributed by atoms with E-state index in [9.17, 15) is 0 Å². The van der Waals surface area contributed by atoms with Crippen LogP contribution in [0.1, 0.15) is 31.2 Å². The molecular weight excluding hydrogens is 360 g/mol. The van der Waals surface area contributed by atoms with Crippen molar-refractivity contribution in [2.24, 2.45) is 5.92 Å². The van der Waals surface area contributed by atoms with Crippen molar-refractivity contribution in [2.75, 3.05) is 23.3 Å². The first-order valence-electron chi connectivity index (χ1n) is 10.3. The Morgan fingerprint density at radius 2 is 1.86 bits per heavy atom. The van der Waals surface area contributed by atoms with E-state index in [1.807, 2.05) is 55.5 Å². The van der Waals surface area contributed by atoms with Gasteiger partial charge in [-0.3, -0.25) is 0 Å². The molecule has 1 aromatic heterocycles. The Labute approximate surface area is 172 Å². The topological polar surface area (TPSA) is 50.3 Å². The summed E-state index contributed by atoms with van der Waals surface area (Å²) in [5.74, 6) is 4.17. The lowest BCUT2D eigenvalue weighted by Gasteiger charge is -2.32. The molecule has 150 valence electrons. The third-order valence-electron chi connectivity index (χ3n) is 5.18. The minimum absolute atomic E-state index is 0.566. The Morgan fingerprint density at radius 3 is 2.62 bits per heavy atom. The third kappa shape index (κ3) is 5.25. The van der Waals surface area contributed by atoms with Gasteiger partial charge < -0.3 is 15.0 Å². The highest BCUT2D eigenvalue weighted by molar-refractivity contribution is 5.60. The van der Waals surface area contributed by atoms with Gasteiger partial charge in [0.1, 0.15) is 29.8 Å². The molecule has 3 aromatic rings. The largest absolute Gasteiger partial charge is 0.489 e. The number of aryl methyl sites for hydroxylation is 1. The fraction of sp³-hybridized carbons (Fsp3) is 0.333. The van der Waals surface area contributed by atoms with Crippen molar-refractivity contribution in [3.05, 3.63) is 72.1 Å². The van der Waals surface area contributed by atoms with Crippen LogP contribution in [-0.2, 0) is 6.61 Å². The van der Waals surface area contributed by atoms with Crippen molar-refractivity contribution in [3.8, 4) is 5.75 Å². The van der Waals surface area contributed by atoms with Gasteiger partial charge in [-0.1, -0.05) is 37.3 Å². The number of hydrogen-bond donors (Lipinski definition) is 1. The van der Waals surface area contributed by atoms with Crippen molar-refractivity contribution < 1.29 is 4.74 Å². The van der Waals surface area contributed by atoms with Crippen molar-refractivity contribution in [1.29, 1.82) is 0 Å². The maximum absolute atomic E-state index is 5.86. The Morgan fingerprint density at radius 1 is 1.07 bits per heavy atom. The average Bonchev–Trinajstić information content (AvgIpc) is 2.74. The van der Waals surface area contributed by atoms with Crippen molar-refractivity contribution in [2.45, 2.75) is 33.3 Å². The highest BCUT2D eigenvalue weighted by Crippen LogP contribution is 2.25. The molecule has 5 nitrogen and oxygen atoms in total. The predicted molar refractivity (Wildman–Crippen MR) is 118 cm³/mol. The fourth-order valence-corrected chi connectivity index (χ4v) is 3.70. The maximum Gasteiger partial charge on any atom is 0.136 e. The van der Waals surface area contributed by atoms with E-state index in [4.69, 9.17) is 4.74 Å². The molecule has 1 aliphatic heterocycles. The summed E-state index contributed by atoms with van der Waals surface area (Å²) in [7, 11) is 0. The molecule has 1 fully saturated rings. The maximum atomic E-state index is 5.86. The first-order valence-corrected chi connectivity index (χ1v) is 10.3. The van der Waals surface area contributed by atoms with Crippen LogP contribution in [0.2, 0.25) is 0 Å². The second-order valence-electron chi connectivity index (χ2n) is 7.78. The van der Waals surface area contributed by atoms with E-state index in [1.165, 1.54) is 12.8 Å². The number of aromatic nitrogens is 2. The zero-order chi connectivity index (χ0) is 20.1. The molecule has 0 aliphatic carbocycles. The van der Waals surface area contributed by atoms with Crippen LogP contribution in [0.4, 0.5) is 17.3 Å². The molecule has 2 heterocycles. The quantitative estimate of drug-likeness (QED) is 0.617. The van der Waals surface area contributed by atoms with Crippen molar-refractivity contribution in [1.82, 2.24) is 9.97 Å². The Kier molecular flexibility index (Phi) is 5.94. The molecule has 4 rings (SSSR count). The van der Waals surface area contributed by atoms with Crippen LogP contribution in [0.25, 0.3) is 0 Å². The molecule has 0 bridgehead atoms. The van der Waals surface area contributed by atoms with Crippen LogP contribution in [0.3, 0.4) is 0 Å². The molecule has 0 radical (unpaired) electrons. The van der Waals surface area contributed by atoms with E-state index in [2.05, 4.69) is 39.2 Å². The van der Waals surface area contributed by atoms with Gasteiger partial charge in [-0.05, 0) is 55.5 Å². The predicted octanol–water partition coefficient (Wildman–Crippen LogP) is 5.34. The number of piperidine rings is 1. The van der Waals surface area contributed by atoms with E-state index in [-0.39, 0.29) is 0 Å². The summed E-state index contributed by atoms with van der Waals surface area (Å²) in [6.07, 6.45) is 2.52. The number of hydrogen-bond acceptors (Lipinski definition) is 5. The van der Waals surface area contributed by atoms with Crippen LogP contribution in [0.5, 0.6) is 5.75 Å². The molecule has 0 saturated carbocycles. The standard InChI is InChI=1S/C24H28N4O/c1-18-7-6-14-28(16-18)24-15-23(25-19(2)26-24)27-21-10-12-22(13-11-21)29-17-20-8-4-3-5-9-20/h3-5,8-13,15,18H,6-7,14,16-17H2,1-2H3,(H,25,26,27). The third-order valence-corrected chi connectivity index (χ3v) is 5.18. The van der Waals surface area contributed by atoms with Gasteiger partial charge in [0.15, 0.2) is 0 Å². The molecule has 0 amide bonds. The summed E-state index contributed by atoms with van der Waals surface area (Å²) in [4.78, 5) is 11.6. The lowest BCUT2D eigenvalue weighted by atomic mass is 10.0. The van der Waals surface area contributed by atoms with Crippen LogP contribution in [0, 0.1) is 12.8 Å². The SMILES string of the molecule is Cc1nc(Nc2ccc(OCc3ccccc3)cc2)cc(N2CCCC(C)C2)n1. The fourth-order valence-electron chi connectivity index (χ4n) is 3.70. The number of benzene rings is 2. The van der Waals surface area contributed by atoms with Gasteiger partial charge in [0.2, 0.25) is 0 Å². The first-order chi connectivity index (χ1) is 14.2. The van der Waals surface area contributed by atoms with Gasteiger partial charge in [-0.25, -0.2) is 9.97 Å². The van der Waals surface area contributed by atoms with Crippen LogP contribution < -0.4 is 15.0 Å². The van der Waals surface area contributed by atoms with Gasteiger partial charge in [0.05, 0.1) is 0 Å². The number of rotatable bonds is 6. The minimum Gasteiger partial charge on any atom is -0.489 e. The molecule has 0 spiro atoms. The first kappa shape index (κ1) is 19.2. The molecule has 1 N–H and O–H groups in total. The van der Waals surface area contributed by atoms with E-state index < -0.39 is 0 Å². The van der Waals surface area contributed by atoms with Gasteiger partial charge >= 0.3 is 0 Å². The summed E-state index contributed by atoms with van der Waals surface area (Å²) < 4.78 is 5.86. The lowest BCUT2D eigenvalue weighted by molar-refractivity contribution is 0.306. The highest BCUT2D eigenvalue weighted by Gasteiger charge is 2.18. The van der Waals surface area contributed by atoms with Gasteiger partial charge in [0.25, 0.3) is 0 Å². The lowest BCUT2D eigenvalue weighted by Crippen LogP contribution is -2.35. The second-order valence-corrected chi connectivity index (χ2v) is 7.78. The monoisotopic (exact) mass is 388 g/mol. The normalized spacial score (nSPS) is 16.5. The van der Waals surface area contributed by atoms with Gasteiger partial charge in [0, 0.05) is 24.8 Å². The van der Waals surface area contributed by atoms with Crippen molar-refractivity contribution in [3.63, 3.8) is 0 Å². The van der Waals surface area contributed by atoms with E-state index in [0.717, 1.165) is 47.5 Å².